The average molecular weight is 776 g/mol. The third kappa shape index (κ3) is 40.5. The van der Waals surface area contributed by atoms with Crippen LogP contribution in [0.15, 0.2) is 0 Å². The third-order valence-electron chi connectivity index (χ3n) is 9.88. The van der Waals surface area contributed by atoms with Crippen LogP contribution in [0.25, 0.3) is 0 Å². The Bertz CT molecular complexity index is 881. The average Bonchev–Trinajstić information content (AvgIpc) is 3.10. The first-order chi connectivity index (χ1) is 25.5. The highest BCUT2D eigenvalue weighted by Crippen LogP contribution is 2.38. The van der Waals surface area contributed by atoms with E-state index in [9.17, 15) is 19.0 Å². The number of likely N-dealkylation sites (N-methyl/N-ethyl adjacent to an activating group) is 1. The maximum Gasteiger partial charge on any atom is 0.306 e. The summed E-state index contributed by atoms with van der Waals surface area (Å²) in [7, 11) is 1.18. The molecule has 0 fully saturated rings. The molecular weight excluding hydrogens is 689 g/mol. The number of hydrogen-bond acceptors (Lipinski definition) is 8. The zero-order valence-corrected chi connectivity index (χ0v) is 36.4. The van der Waals surface area contributed by atoms with E-state index in [2.05, 4.69) is 13.8 Å². The summed E-state index contributed by atoms with van der Waals surface area (Å²) in [4.78, 5) is 37.4. The molecule has 9 nitrogen and oxygen atoms in total. The number of quaternary nitrogens is 1. The molecule has 0 heterocycles. The second-order valence-corrected chi connectivity index (χ2v) is 17.8. The Hall–Kier alpha value is -0.990. The van der Waals surface area contributed by atoms with Gasteiger partial charge in [-0.15, -0.1) is 0 Å². The van der Waals surface area contributed by atoms with Gasteiger partial charge in [0.1, 0.15) is 19.8 Å². The van der Waals surface area contributed by atoms with Crippen LogP contribution in [0.3, 0.4) is 0 Å². The van der Waals surface area contributed by atoms with Crippen molar-refractivity contribution in [1.82, 2.24) is 0 Å². The van der Waals surface area contributed by atoms with Crippen molar-refractivity contribution in [3.63, 3.8) is 0 Å². The van der Waals surface area contributed by atoms with Crippen LogP contribution < -0.4 is 4.89 Å². The van der Waals surface area contributed by atoms with Crippen molar-refractivity contribution in [2.75, 3.05) is 47.5 Å². The number of esters is 2. The quantitative estimate of drug-likeness (QED) is 0.0261. The lowest BCUT2D eigenvalue weighted by atomic mass is 10.0. The molecule has 0 N–H and O–H groups in total. The van der Waals surface area contributed by atoms with Gasteiger partial charge >= 0.3 is 11.9 Å². The molecule has 0 aromatic heterocycles. The Morgan fingerprint density at radius 2 is 0.849 bits per heavy atom. The van der Waals surface area contributed by atoms with Crippen molar-refractivity contribution in [2.45, 2.75) is 219 Å². The minimum atomic E-state index is -4.61. The van der Waals surface area contributed by atoms with E-state index in [0.29, 0.717) is 17.4 Å². The molecule has 1 unspecified atom stereocenters. The second-order valence-electron chi connectivity index (χ2n) is 16.4. The molecule has 316 valence electrons. The zero-order chi connectivity index (χ0) is 39.3. The number of nitrogens with zero attached hydrogens (tertiary/aromatic N) is 1. The van der Waals surface area contributed by atoms with Crippen LogP contribution in [0, 0.1) is 0 Å². The molecule has 0 rings (SSSR count). The van der Waals surface area contributed by atoms with Gasteiger partial charge in [0, 0.05) is 12.8 Å². The molecule has 0 spiro atoms. The van der Waals surface area contributed by atoms with Gasteiger partial charge in [0.2, 0.25) is 0 Å². The van der Waals surface area contributed by atoms with Crippen molar-refractivity contribution >= 4 is 19.8 Å². The largest absolute Gasteiger partial charge is 0.756 e. The fourth-order valence-electron chi connectivity index (χ4n) is 6.36. The van der Waals surface area contributed by atoms with Gasteiger partial charge in [0.25, 0.3) is 7.82 Å². The van der Waals surface area contributed by atoms with Crippen molar-refractivity contribution in [3.05, 3.63) is 0 Å². The number of ether oxygens (including phenoxy) is 2. The highest BCUT2D eigenvalue weighted by molar-refractivity contribution is 7.45. The van der Waals surface area contributed by atoms with E-state index in [1.54, 1.807) is 0 Å². The van der Waals surface area contributed by atoms with Crippen LogP contribution in [-0.4, -0.2) is 70.0 Å². The molecule has 53 heavy (non-hydrogen) atoms. The van der Waals surface area contributed by atoms with Crippen molar-refractivity contribution < 1.29 is 42.1 Å². The van der Waals surface area contributed by atoms with E-state index in [-0.39, 0.29) is 32.0 Å². The Labute approximate surface area is 327 Å². The lowest BCUT2D eigenvalue weighted by Crippen LogP contribution is -2.37. The highest BCUT2D eigenvalue weighted by atomic mass is 31.2. The number of hydrogen-bond donors (Lipinski definition) is 0. The van der Waals surface area contributed by atoms with Gasteiger partial charge in [-0.3, -0.25) is 14.2 Å². The molecule has 10 heteroatoms. The summed E-state index contributed by atoms with van der Waals surface area (Å²) < 4.78 is 33.8. The number of phosphoric acid groups is 1. The fraction of sp³-hybridized carbons (Fsp3) is 0.953. The highest BCUT2D eigenvalue weighted by Gasteiger charge is 2.21. The van der Waals surface area contributed by atoms with Gasteiger partial charge in [-0.2, -0.15) is 0 Å². The first kappa shape index (κ1) is 52.0. The summed E-state index contributed by atoms with van der Waals surface area (Å²) in [6.07, 6.45) is 35.6. The van der Waals surface area contributed by atoms with Crippen LogP contribution in [0.2, 0.25) is 0 Å². The van der Waals surface area contributed by atoms with Crippen molar-refractivity contribution in [1.29, 1.82) is 0 Å². The molecule has 0 bridgehead atoms. The topological polar surface area (TPSA) is 111 Å². The Morgan fingerprint density at radius 3 is 1.21 bits per heavy atom. The number of phosphoric ester groups is 1. The lowest BCUT2D eigenvalue weighted by molar-refractivity contribution is -0.870. The van der Waals surface area contributed by atoms with Crippen LogP contribution in [0.1, 0.15) is 213 Å². The molecule has 0 aliphatic carbocycles. The van der Waals surface area contributed by atoms with E-state index in [1.807, 2.05) is 21.1 Å². The van der Waals surface area contributed by atoms with Gasteiger partial charge < -0.3 is 27.9 Å². The molecule has 0 radical (unpaired) electrons. The summed E-state index contributed by atoms with van der Waals surface area (Å²) in [5.74, 6) is -0.822. The SMILES string of the molecule is CCCCCCCCCCCCCCCCCCCCCC(=O)OC[C@H](COP(=O)([O-])OCC[N+](C)(C)C)OC(=O)CCCCCCCCCCCC. The van der Waals surface area contributed by atoms with Gasteiger partial charge in [0.05, 0.1) is 27.7 Å². The number of rotatable bonds is 41. The first-order valence-corrected chi connectivity index (χ1v) is 23.7. The van der Waals surface area contributed by atoms with E-state index in [4.69, 9.17) is 18.5 Å². The molecule has 0 aromatic rings. The molecule has 0 aromatic carbocycles. The Balaban J connectivity index is 4.21. The monoisotopic (exact) mass is 776 g/mol. The molecular formula is C43H86NO8P. The van der Waals surface area contributed by atoms with Crippen LogP contribution >= 0.6 is 7.82 Å². The van der Waals surface area contributed by atoms with Gasteiger partial charge in [-0.25, -0.2) is 0 Å². The first-order valence-electron chi connectivity index (χ1n) is 22.2. The van der Waals surface area contributed by atoms with Crippen molar-refractivity contribution in [2.24, 2.45) is 0 Å². The summed E-state index contributed by atoms with van der Waals surface area (Å²) in [6, 6.07) is 0. The van der Waals surface area contributed by atoms with Crippen LogP contribution in [-0.2, 0) is 32.7 Å². The van der Waals surface area contributed by atoms with Crippen molar-refractivity contribution in [3.8, 4) is 0 Å². The minimum absolute atomic E-state index is 0.0259. The Kier molecular flexibility index (Phi) is 36.0. The third-order valence-corrected chi connectivity index (χ3v) is 10.8. The number of unbranched alkanes of at least 4 members (excludes halogenated alkanes) is 27. The Morgan fingerprint density at radius 1 is 0.509 bits per heavy atom. The predicted octanol–water partition coefficient (Wildman–Crippen LogP) is 11.8. The smallest absolute Gasteiger partial charge is 0.306 e. The van der Waals surface area contributed by atoms with Crippen LogP contribution in [0.5, 0.6) is 0 Å². The summed E-state index contributed by atoms with van der Waals surface area (Å²) in [5, 5.41) is 0. The molecule has 0 amide bonds. The minimum Gasteiger partial charge on any atom is -0.756 e. The van der Waals surface area contributed by atoms with Crippen LogP contribution in [0.4, 0.5) is 0 Å². The normalized spacial score (nSPS) is 13.5. The molecule has 0 aliphatic rings. The summed E-state index contributed by atoms with van der Waals surface area (Å²) >= 11 is 0. The predicted molar refractivity (Wildman–Crippen MR) is 218 cm³/mol. The lowest BCUT2D eigenvalue weighted by Gasteiger charge is -2.28. The van der Waals surface area contributed by atoms with E-state index < -0.39 is 26.5 Å². The molecule has 0 saturated heterocycles. The summed E-state index contributed by atoms with van der Waals surface area (Å²) in [6.45, 7) is 4.24. The maximum absolute atomic E-state index is 12.6. The molecule has 2 atom stereocenters. The van der Waals surface area contributed by atoms with E-state index >= 15 is 0 Å². The summed E-state index contributed by atoms with van der Waals surface area (Å²) in [5.41, 5.74) is 0. The van der Waals surface area contributed by atoms with Gasteiger partial charge in [0.15, 0.2) is 6.10 Å². The van der Waals surface area contributed by atoms with E-state index in [1.165, 1.54) is 148 Å². The van der Waals surface area contributed by atoms with Gasteiger partial charge in [-0.05, 0) is 12.8 Å². The fourth-order valence-corrected chi connectivity index (χ4v) is 7.09. The number of carbonyl (C=O) groups is 2. The number of carbonyl (C=O) groups excluding carboxylic acids is 2. The molecule has 0 saturated carbocycles. The standard InChI is InChI=1S/C43H86NO8P/c1-6-8-10-12-14-16-18-19-20-21-22-23-24-25-26-28-29-31-33-35-42(45)49-39-41(40-51-53(47,48)50-38-37-44(3,4)5)52-43(46)36-34-32-30-27-17-15-13-11-9-7-2/h41H,6-40H2,1-5H3/t41-/m1/s1. The van der Waals surface area contributed by atoms with Gasteiger partial charge in [-0.1, -0.05) is 187 Å². The molecule has 0 aliphatic heterocycles. The second kappa shape index (κ2) is 36.6. The van der Waals surface area contributed by atoms with E-state index in [0.717, 1.165) is 32.1 Å². The maximum atomic E-state index is 12.6. The zero-order valence-electron chi connectivity index (χ0n) is 35.5.